The lowest BCUT2D eigenvalue weighted by molar-refractivity contribution is -0.160. The fraction of sp³-hybridized carbons (Fsp3) is 0.522. The number of carbonyl (C=O) groups is 1. The van der Waals surface area contributed by atoms with Crippen LogP contribution in [0.5, 0.6) is 0 Å². The van der Waals surface area contributed by atoms with Crippen molar-refractivity contribution >= 4 is 12.0 Å². The molecule has 154 valence electrons. The highest BCUT2D eigenvalue weighted by molar-refractivity contribution is 5.82. The second-order valence-corrected chi connectivity index (χ2v) is 8.61. The summed E-state index contributed by atoms with van der Waals surface area (Å²) in [5, 5.41) is 11.1. The number of imidazole rings is 1. The molecule has 1 saturated carbocycles. The fourth-order valence-electron chi connectivity index (χ4n) is 5.37. The van der Waals surface area contributed by atoms with Crippen LogP contribution >= 0.6 is 0 Å². The Morgan fingerprint density at radius 1 is 1.34 bits per heavy atom. The largest absolute Gasteiger partial charge is 0.460 e. The van der Waals surface area contributed by atoms with Gasteiger partial charge in [-0.1, -0.05) is 26.3 Å². The Balaban J connectivity index is 1.60. The van der Waals surface area contributed by atoms with E-state index in [0.29, 0.717) is 12.3 Å². The van der Waals surface area contributed by atoms with E-state index in [4.69, 9.17) is 4.74 Å². The molecule has 0 amide bonds. The number of aliphatic hydroxyl groups is 1. The lowest BCUT2D eigenvalue weighted by Gasteiger charge is -2.45. The van der Waals surface area contributed by atoms with Gasteiger partial charge in [-0.2, -0.15) is 0 Å². The molecule has 1 N–H and O–H groups in total. The summed E-state index contributed by atoms with van der Waals surface area (Å²) in [6.45, 7) is 8.15. The summed E-state index contributed by atoms with van der Waals surface area (Å²) in [5.41, 5.74) is 1.38. The number of nitrogens with zero attached hydrogens (tertiary/aromatic N) is 3. The van der Waals surface area contributed by atoms with Crippen molar-refractivity contribution in [3.05, 3.63) is 48.3 Å². The highest BCUT2D eigenvalue weighted by atomic mass is 16.6. The van der Waals surface area contributed by atoms with Crippen LogP contribution in [-0.2, 0) is 9.53 Å². The van der Waals surface area contributed by atoms with E-state index >= 15 is 0 Å². The molecule has 1 saturated heterocycles. The third kappa shape index (κ3) is 3.39. The van der Waals surface area contributed by atoms with Crippen LogP contribution in [0.2, 0.25) is 0 Å². The molecule has 1 aliphatic carbocycles. The molecule has 0 bridgehead atoms. The van der Waals surface area contributed by atoms with E-state index in [2.05, 4.69) is 29.9 Å². The minimum Gasteiger partial charge on any atom is -0.460 e. The number of hydrogen-bond acceptors (Lipinski definition) is 5. The second-order valence-electron chi connectivity index (χ2n) is 8.61. The number of aromatic nitrogens is 3. The summed E-state index contributed by atoms with van der Waals surface area (Å²) in [6, 6.07) is 3.98. The van der Waals surface area contributed by atoms with E-state index in [-0.39, 0.29) is 23.9 Å². The maximum Gasteiger partial charge on any atom is 0.338 e. The van der Waals surface area contributed by atoms with E-state index in [1.165, 1.54) is 0 Å². The first kappa shape index (κ1) is 19.8. The first-order chi connectivity index (χ1) is 13.8. The van der Waals surface area contributed by atoms with Crippen molar-refractivity contribution in [3.8, 4) is 5.69 Å². The first-order valence-corrected chi connectivity index (χ1v) is 10.4. The van der Waals surface area contributed by atoms with Crippen LogP contribution in [0.1, 0.15) is 45.0 Å². The maximum atomic E-state index is 12.4. The zero-order valence-corrected chi connectivity index (χ0v) is 17.4. The third-order valence-corrected chi connectivity index (χ3v) is 6.72. The molecule has 1 aliphatic heterocycles. The molecule has 2 aliphatic rings. The highest BCUT2D eigenvalue weighted by Gasteiger charge is 2.62. The summed E-state index contributed by atoms with van der Waals surface area (Å²) >= 11 is 0. The minimum atomic E-state index is -1.38. The fourth-order valence-corrected chi connectivity index (χ4v) is 5.37. The first-order valence-electron chi connectivity index (χ1n) is 10.4. The smallest absolute Gasteiger partial charge is 0.338 e. The Bertz CT molecular complexity index is 920. The van der Waals surface area contributed by atoms with Gasteiger partial charge >= 0.3 is 5.97 Å². The second kappa shape index (κ2) is 7.41. The van der Waals surface area contributed by atoms with Crippen molar-refractivity contribution in [1.29, 1.82) is 0 Å². The molecule has 2 fully saturated rings. The number of cyclic esters (lactones) is 1. The molecule has 29 heavy (non-hydrogen) atoms. The van der Waals surface area contributed by atoms with Crippen LogP contribution < -0.4 is 0 Å². The maximum absolute atomic E-state index is 12.4. The van der Waals surface area contributed by atoms with Gasteiger partial charge in [-0.15, -0.1) is 0 Å². The van der Waals surface area contributed by atoms with Crippen molar-refractivity contribution in [2.24, 2.45) is 23.7 Å². The number of ether oxygens (including phenoxy) is 1. The molecule has 4 rings (SSSR count). The summed E-state index contributed by atoms with van der Waals surface area (Å²) in [5.74, 6) is 0.0108. The van der Waals surface area contributed by atoms with Gasteiger partial charge in [0.25, 0.3) is 0 Å². The quantitative estimate of drug-likeness (QED) is 0.801. The standard InChI is InChI=1S/C23H29N3O3/c1-5-19-14(2)10-23(28)21(16(4)29-22(23)27)20(19)9-7-17-6-8-18(11-24-17)26-12-15(3)25-13-26/h6-9,11-14,16,19-21,28H,5,10H2,1-4H3/b9-7+. The van der Waals surface area contributed by atoms with Crippen LogP contribution in [0.3, 0.4) is 0 Å². The van der Waals surface area contributed by atoms with E-state index in [1.54, 1.807) is 6.33 Å². The predicted octanol–water partition coefficient (Wildman–Crippen LogP) is 3.56. The van der Waals surface area contributed by atoms with E-state index < -0.39 is 11.6 Å². The van der Waals surface area contributed by atoms with Gasteiger partial charge in [-0.25, -0.2) is 9.78 Å². The van der Waals surface area contributed by atoms with Crippen molar-refractivity contribution in [2.75, 3.05) is 0 Å². The van der Waals surface area contributed by atoms with Gasteiger partial charge in [0, 0.05) is 12.1 Å². The average molecular weight is 396 g/mol. The monoisotopic (exact) mass is 395 g/mol. The Morgan fingerprint density at radius 3 is 2.76 bits per heavy atom. The number of aryl methyl sites for hydroxylation is 1. The molecular formula is C23H29N3O3. The summed E-state index contributed by atoms with van der Waals surface area (Å²) in [6.07, 6.45) is 10.9. The van der Waals surface area contributed by atoms with Gasteiger partial charge in [0.15, 0.2) is 5.60 Å². The lowest BCUT2D eigenvalue weighted by Crippen LogP contribution is -2.53. The predicted molar refractivity (Wildman–Crippen MR) is 110 cm³/mol. The third-order valence-electron chi connectivity index (χ3n) is 6.72. The van der Waals surface area contributed by atoms with Crippen molar-refractivity contribution in [1.82, 2.24) is 14.5 Å². The minimum absolute atomic E-state index is 0.0629. The molecule has 3 heterocycles. The molecule has 0 spiro atoms. The summed E-state index contributed by atoms with van der Waals surface area (Å²) < 4.78 is 7.39. The van der Waals surface area contributed by atoms with E-state index in [0.717, 1.165) is 23.5 Å². The Labute approximate surface area is 171 Å². The van der Waals surface area contributed by atoms with Gasteiger partial charge in [-0.05, 0) is 56.2 Å². The van der Waals surface area contributed by atoms with E-state index in [1.807, 2.05) is 49.0 Å². The van der Waals surface area contributed by atoms with Crippen LogP contribution in [-0.4, -0.2) is 37.3 Å². The number of esters is 1. The van der Waals surface area contributed by atoms with Crippen LogP contribution in [0.4, 0.5) is 0 Å². The SMILES string of the molecule is CCC1C(C)CC2(O)C(=O)OC(C)C2C1/C=C/c1ccc(-n2cnc(C)c2)cn1. The molecular weight excluding hydrogens is 366 g/mol. The van der Waals surface area contributed by atoms with Gasteiger partial charge in [0.05, 0.1) is 29.6 Å². The number of hydrogen-bond donors (Lipinski definition) is 1. The van der Waals surface area contributed by atoms with Crippen molar-refractivity contribution < 1.29 is 14.6 Å². The zero-order chi connectivity index (χ0) is 20.8. The van der Waals surface area contributed by atoms with Crippen LogP contribution in [0.25, 0.3) is 11.8 Å². The molecule has 6 heteroatoms. The van der Waals surface area contributed by atoms with Gasteiger partial charge in [0.2, 0.25) is 0 Å². The Kier molecular flexibility index (Phi) is 5.07. The van der Waals surface area contributed by atoms with Gasteiger partial charge in [0.1, 0.15) is 6.10 Å². The number of carbonyl (C=O) groups excluding carboxylic acids is 1. The van der Waals surface area contributed by atoms with Crippen molar-refractivity contribution in [3.63, 3.8) is 0 Å². The number of fused-ring (bicyclic) bond motifs is 1. The van der Waals surface area contributed by atoms with Crippen LogP contribution in [0, 0.1) is 30.6 Å². The highest BCUT2D eigenvalue weighted by Crippen LogP contribution is 2.52. The van der Waals surface area contributed by atoms with Crippen molar-refractivity contribution in [2.45, 2.75) is 52.2 Å². The lowest BCUT2D eigenvalue weighted by atomic mass is 9.59. The van der Waals surface area contributed by atoms with E-state index in [9.17, 15) is 9.90 Å². The molecule has 0 radical (unpaired) electrons. The van der Waals surface area contributed by atoms with Crippen LogP contribution in [0.15, 0.2) is 36.9 Å². The molecule has 6 atom stereocenters. The molecule has 6 unspecified atom stereocenters. The van der Waals surface area contributed by atoms with Gasteiger partial charge in [-0.3, -0.25) is 4.98 Å². The number of pyridine rings is 1. The molecule has 2 aromatic rings. The zero-order valence-electron chi connectivity index (χ0n) is 17.4. The normalized spacial score (nSPS) is 34.4. The Morgan fingerprint density at radius 2 is 2.14 bits per heavy atom. The molecule has 0 aromatic carbocycles. The summed E-state index contributed by atoms with van der Waals surface area (Å²) in [7, 11) is 0. The van der Waals surface area contributed by atoms with Gasteiger partial charge < -0.3 is 14.4 Å². The number of rotatable bonds is 4. The Hall–Kier alpha value is -2.47. The molecule has 6 nitrogen and oxygen atoms in total. The topological polar surface area (TPSA) is 77.2 Å². The number of allylic oxidation sites excluding steroid dienone is 1. The average Bonchev–Trinajstić information content (AvgIpc) is 3.21. The summed E-state index contributed by atoms with van der Waals surface area (Å²) in [4.78, 5) is 21.2. The molecule has 2 aromatic heterocycles.